The third-order valence-corrected chi connectivity index (χ3v) is 6.31. The van der Waals surface area contributed by atoms with Crippen molar-refractivity contribution in [3.05, 3.63) is 47.3 Å². The van der Waals surface area contributed by atoms with Crippen LogP contribution in [0, 0.1) is 24.5 Å². The molecule has 1 aliphatic rings. The second-order valence-electron chi connectivity index (χ2n) is 7.54. The van der Waals surface area contributed by atoms with E-state index in [2.05, 4.69) is 5.32 Å². The Hall–Kier alpha value is -2.90. The van der Waals surface area contributed by atoms with Crippen LogP contribution in [-0.2, 0) is 17.9 Å². The van der Waals surface area contributed by atoms with Crippen molar-refractivity contribution in [3.8, 4) is 0 Å². The van der Waals surface area contributed by atoms with Crippen molar-refractivity contribution in [1.29, 1.82) is 0 Å². The van der Waals surface area contributed by atoms with Gasteiger partial charge in [0.15, 0.2) is 5.82 Å². The molecule has 14 heteroatoms. The molecule has 2 amide bonds. The van der Waals surface area contributed by atoms with E-state index in [1.165, 1.54) is 26.1 Å². The average Bonchev–Trinajstić information content (AvgIpc) is 3.26. The van der Waals surface area contributed by atoms with E-state index in [9.17, 15) is 27.5 Å². The highest BCUT2D eigenvalue weighted by Crippen LogP contribution is 2.32. The molecule has 0 spiro atoms. The zero-order chi connectivity index (χ0) is 23.7. The van der Waals surface area contributed by atoms with E-state index in [0.717, 1.165) is 26.0 Å². The number of halogens is 3. The van der Waals surface area contributed by atoms with E-state index >= 15 is 4.39 Å². The van der Waals surface area contributed by atoms with Crippen LogP contribution in [0.3, 0.4) is 0 Å². The highest BCUT2D eigenvalue weighted by atomic mass is 35.5. The van der Waals surface area contributed by atoms with Crippen LogP contribution in [0.4, 0.5) is 25.0 Å². The summed E-state index contributed by atoms with van der Waals surface area (Å²) in [5.74, 6) is -2.98. The van der Waals surface area contributed by atoms with Gasteiger partial charge in [-0.2, -0.15) is 0 Å². The molecule has 1 aromatic heterocycles. The number of nitrogens with one attached hydrogen (secondary N) is 1. The number of rotatable bonds is 6. The molecule has 1 fully saturated rings. The third kappa shape index (κ3) is 5.20. The van der Waals surface area contributed by atoms with Crippen LogP contribution in [0.15, 0.2) is 24.4 Å². The lowest BCUT2D eigenvalue weighted by molar-refractivity contribution is 0.101. The van der Waals surface area contributed by atoms with Crippen molar-refractivity contribution in [1.82, 2.24) is 9.47 Å². The molecule has 2 atom stereocenters. The Bertz CT molecular complexity index is 1130. The predicted octanol–water partition coefficient (Wildman–Crippen LogP) is 1.56. The summed E-state index contributed by atoms with van der Waals surface area (Å²) in [7, 11) is -2.01. The summed E-state index contributed by atoms with van der Waals surface area (Å²) in [6, 6.07) is 2.92. The van der Waals surface area contributed by atoms with E-state index in [1.807, 2.05) is 0 Å². The maximum Gasteiger partial charge on any atom is 0.407 e. The first kappa shape index (κ1) is 26.4. The number of anilines is 2. The summed E-state index contributed by atoms with van der Waals surface area (Å²) in [6.07, 6.45) is -0.0994. The van der Waals surface area contributed by atoms with Crippen LogP contribution >= 0.6 is 12.4 Å². The van der Waals surface area contributed by atoms with Crippen LogP contribution in [0.5, 0.6) is 0 Å². The maximum absolute atomic E-state index is 15.3. The summed E-state index contributed by atoms with van der Waals surface area (Å²) in [5.41, 5.74) is 5.38. The van der Waals surface area contributed by atoms with E-state index in [0.29, 0.717) is 0 Å². The molecule has 2 aromatic rings. The summed E-state index contributed by atoms with van der Waals surface area (Å²) in [5, 5.41) is 11.7. The van der Waals surface area contributed by atoms with Crippen LogP contribution in [0.2, 0.25) is 0 Å². The van der Waals surface area contributed by atoms with Gasteiger partial charge in [0, 0.05) is 37.9 Å². The van der Waals surface area contributed by atoms with E-state index in [-0.39, 0.29) is 49.0 Å². The van der Waals surface area contributed by atoms with Crippen molar-refractivity contribution in [2.45, 2.75) is 13.0 Å². The Labute approximate surface area is 196 Å². The number of nitrogens with zero attached hydrogens (tertiary/aromatic N) is 3. The first-order valence-corrected chi connectivity index (χ1v) is 10.7. The minimum absolute atomic E-state index is 0. The Morgan fingerprint density at radius 1 is 1.30 bits per heavy atom. The Morgan fingerprint density at radius 2 is 1.97 bits per heavy atom. The average molecular weight is 508 g/mol. The highest BCUT2D eigenvalue weighted by Gasteiger charge is 2.41. The molecule has 4 N–H and O–H groups in total. The zero-order valence-electron chi connectivity index (χ0n) is 17.7. The van der Waals surface area contributed by atoms with Gasteiger partial charge < -0.3 is 25.6 Å². The minimum atomic E-state index is -3.38. The fourth-order valence-corrected chi connectivity index (χ4v) is 4.64. The minimum Gasteiger partial charge on any atom is -0.465 e. The van der Waals surface area contributed by atoms with Gasteiger partial charge in [0.2, 0.25) is 10.9 Å². The quantitative estimate of drug-likeness (QED) is 0.438. The number of aromatic nitrogens is 1. The fourth-order valence-electron chi connectivity index (χ4n) is 3.82. The van der Waals surface area contributed by atoms with Gasteiger partial charge in [-0.25, -0.2) is 22.0 Å². The molecule has 0 saturated carbocycles. The predicted molar refractivity (Wildman–Crippen MR) is 120 cm³/mol. The third-order valence-electron chi connectivity index (χ3n) is 5.45. The van der Waals surface area contributed by atoms with Gasteiger partial charge in [-0.15, -0.1) is 12.4 Å². The lowest BCUT2D eigenvalue weighted by atomic mass is 10.0. The molecular weight excluding hydrogens is 484 g/mol. The van der Waals surface area contributed by atoms with Crippen LogP contribution in [-0.4, -0.2) is 60.7 Å². The monoisotopic (exact) mass is 507 g/mol. The summed E-state index contributed by atoms with van der Waals surface area (Å²) >= 11 is 0. The first-order valence-electron chi connectivity index (χ1n) is 9.58. The summed E-state index contributed by atoms with van der Waals surface area (Å²) in [4.78, 5) is 25.0. The molecule has 0 aliphatic carbocycles. The van der Waals surface area contributed by atoms with Gasteiger partial charge in [-0.1, -0.05) is 0 Å². The molecule has 0 radical (unpaired) electrons. The molecule has 1 aromatic carbocycles. The molecule has 0 bridgehead atoms. The lowest BCUT2D eigenvalue weighted by Crippen LogP contribution is -2.43. The Balaban J connectivity index is 0.00000385. The van der Waals surface area contributed by atoms with Gasteiger partial charge in [0.25, 0.3) is 5.91 Å². The molecule has 182 valence electrons. The number of carbonyl (C=O) groups is 2. The van der Waals surface area contributed by atoms with E-state index in [1.54, 1.807) is 0 Å². The van der Waals surface area contributed by atoms with E-state index in [4.69, 9.17) is 5.73 Å². The number of carbonyl (C=O) groups excluding carboxylic acids is 1. The molecular formula is C19H24ClF2N5O5S. The van der Waals surface area contributed by atoms with Gasteiger partial charge in [-0.05, 0) is 37.2 Å². The fraction of sp³-hybridized carbons (Fsp3) is 0.368. The largest absolute Gasteiger partial charge is 0.465 e. The Morgan fingerprint density at radius 3 is 2.52 bits per heavy atom. The number of carboxylic acid groups (broad SMARTS) is 1. The molecule has 33 heavy (non-hydrogen) atoms. The van der Waals surface area contributed by atoms with Crippen LogP contribution < -0.4 is 15.4 Å². The molecule has 1 aliphatic heterocycles. The number of hydrogen-bond donors (Lipinski definition) is 4. The molecule has 2 heterocycles. The van der Waals surface area contributed by atoms with Gasteiger partial charge in [-0.3, -0.25) is 9.10 Å². The highest BCUT2D eigenvalue weighted by molar-refractivity contribution is 7.74. The molecule has 2 unspecified atom stereocenters. The van der Waals surface area contributed by atoms with Crippen molar-refractivity contribution < 1.29 is 31.9 Å². The zero-order valence-corrected chi connectivity index (χ0v) is 19.4. The lowest BCUT2D eigenvalue weighted by Gasteiger charge is -2.27. The summed E-state index contributed by atoms with van der Waals surface area (Å²) in [6.45, 7) is 1.30. The number of hydrogen-bond acceptors (Lipinski definition) is 5. The van der Waals surface area contributed by atoms with Gasteiger partial charge in [0.1, 0.15) is 17.2 Å². The first-order chi connectivity index (χ1) is 15.0. The van der Waals surface area contributed by atoms with Crippen LogP contribution in [0.1, 0.15) is 16.1 Å². The van der Waals surface area contributed by atoms with Crippen molar-refractivity contribution >= 4 is 46.7 Å². The number of likely N-dealkylation sites (tertiary alicyclic amines) is 1. The maximum atomic E-state index is 15.3. The topological polar surface area (TPSA) is 138 Å². The number of aryl methyl sites for hydroxylation is 2. The van der Waals surface area contributed by atoms with Crippen molar-refractivity contribution in [3.63, 3.8) is 0 Å². The SMILES string of the molecule is Cc1cc(NC(=O)c2c(F)c(N(C3CN(C(=O)O)CC3CN)[SH](=O)=O)cn2C)ccc1F.Cl. The van der Waals surface area contributed by atoms with Crippen LogP contribution in [0.25, 0.3) is 0 Å². The molecule has 10 nitrogen and oxygen atoms in total. The molecule has 3 rings (SSSR count). The van der Waals surface area contributed by atoms with Gasteiger partial charge >= 0.3 is 6.09 Å². The molecule has 1 saturated heterocycles. The van der Waals surface area contributed by atoms with E-state index < -0.39 is 52.2 Å². The number of thiol groups is 1. The van der Waals surface area contributed by atoms with Crippen molar-refractivity contribution in [2.75, 3.05) is 29.3 Å². The normalized spacial score (nSPS) is 17.7. The Kier molecular flexibility index (Phi) is 8.27. The second-order valence-corrected chi connectivity index (χ2v) is 8.45. The number of nitrogens with two attached hydrogens (primary N) is 1. The number of amides is 2. The standard InChI is InChI=1S/C19H23F2N5O5S.ClH/c1-10-5-12(3-4-13(10)20)23-18(27)17-16(21)15(8-24(17)2)26(32(30)31)14-9-25(19(28)29)7-11(14)6-22;/h3-5,8,11,14,32H,6-7,9,22H2,1-2H3,(H,23,27)(H,28,29);1H. The van der Waals surface area contributed by atoms with Crippen molar-refractivity contribution in [2.24, 2.45) is 18.7 Å². The summed E-state index contributed by atoms with van der Waals surface area (Å²) < 4.78 is 54.8. The second kappa shape index (κ2) is 10.4. The van der Waals surface area contributed by atoms with Gasteiger partial charge in [0.05, 0.1) is 6.04 Å². The number of benzene rings is 1. The smallest absolute Gasteiger partial charge is 0.407 e.